The number of hydrogen-bond donors (Lipinski definition) is 2. The Balaban J connectivity index is 1.46. The molecule has 0 radical (unpaired) electrons. The highest BCUT2D eigenvalue weighted by molar-refractivity contribution is 7.10. The van der Waals surface area contributed by atoms with Gasteiger partial charge in [0, 0.05) is 50.7 Å². The van der Waals surface area contributed by atoms with Crippen LogP contribution in [0.2, 0.25) is 0 Å². The van der Waals surface area contributed by atoms with E-state index in [0.717, 1.165) is 58.8 Å². The molecule has 162 valence electrons. The van der Waals surface area contributed by atoms with Gasteiger partial charge in [-0.05, 0) is 35.8 Å². The SMILES string of the molecule is CN=C(NCC(=O)N1CCc2sccc2C1)NCC(CC(C)C)N1CCOCC1. The van der Waals surface area contributed by atoms with Crippen molar-refractivity contribution >= 4 is 23.2 Å². The number of aliphatic imine (C=N–C) groups is 1. The number of hydrogen-bond acceptors (Lipinski definition) is 5. The molecule has 0 bridgehead atoms. The van der Waals surface area contributed by atoms with Gasteiger partial charge in [-0.2, -0.15) is 0 Å². The van der Waals surface area contributed by atoms with Crippen LogP contribution in [0, 0.1) is 5.92 Å². The number of rotatable bonds is 7. The molecule has 7 nitrogen and oxygen atoms in total. The topological polar surface area (TPSA) is 69.2 Å². The van der Waals surface area contributed by atoms with Crippen molar-refractivity contribution in [1.29, 1.82) is 0 Å². The Bertz CT molecular complexity index is 684. The smallest absolute Gasteiger partial charge is 0.242 e. The van der Waals surface area contributed by atoms with E-state index >= 15 is 0 Å². The lowest BCUT2D eigenvalue weighted by Gasteiger charge is -2.35. The number of guanidine groups is 1. The lowest BCUT2D eigenvalue weighted by Crippen LogP contribution is -2.52. The van der Waals surface area contributed by atoms with Crippen LogP contribution in [0.3, 0.4) is 0 Å². The maximum absolute atomic E-state index is 12.6. The summed E-state index contributed by atoms with van der Waals surface area (Å²) in [6, 6.07) is 2.57. The van der Waals surface area contributed by atoms with Crippen molar-refractivity contribution < 1.29 is 9.53 Å². The standard InChI is InChI=1S/C21H35N5O2S/c1-16(2)12-18(25-7-9-28-10-8-25)13-23-21(22-3)24-14-20(27)26-6-4-19-17(15-26)5-11-29-19/h5,11,16,18H,4,6-10,12-15H2,1-3H3,(H2,22,23,24). The molecule has 0 saturated carbocycles. The van der Waals surface area contributed by atoms with Gasteiger partial charge in [0.1, 0.15) is 0 Å². The number of fused-ring (bicyclic) bond motifs is 1. The average molecular weight is 422 g/mol. The summed E-state index contributed by atoms with van der Waals surface area (Å²) in [6.07, 6.45) is 2.09. The van der Waals surface area contributed by atoms with Crippen molar-refractivity contribution in [3.8, 4) is 0 Å². The molecule has 3 heterocycles. The van der Waals surface area contributed by atoms with Crippen LogP contribution in [0.15, 0.2) is 16.4 Å². The summed E-state index contributed by atoms with van der Waals surface area (Å²) in [5, 5.41) is 8.75. The van der Waals surface area contributed by atoms with E-state index in [2.05, 4.69) is 45.8 Å². The van der Waals surface area contributed by atoms with Gasteiger partial charge in [0.05, 0.1) is 19.8 Å². The van der Waals surface area contributed by atoms with Gasteiger partial charge in [0.25, 0.3) is 0 Å². The number of morpholine rings is 1. The van der Waals surface area contributed by atoms with E-state index in [1.165, 1.54) is 10.4 Å². The van der Waals surface area contributed by atoms with Gasteiger partial charge in [0.15, 0.2) is 5.96 Å². The molecule has 2 aliphatic heterocycles. The average Bonchev–Trinajstić information content (AvgIpc) is 3.21. The quantitative estimate of drug-likeness (QED) is 0.516. The predicted molar refractivity (Wildman–Crippen MR) is 118 cm³/mol. The Hall–Kier alpha value is -1.64. The number of carbonyl (C=O) groups excluding carboxylic acids is 1. The predicted octanol–water partition coefficient (Wildman–Crippen LogP) is 1.54. The molecular formula is C21H35N5O2S. The van der Waals surface area contributed by atoms with Crippen molar-refractivity contribution in [2.75, 3.05) is 53.0 Å². The molecular weight excluding hydrogens is 386 g/mol. The van der Waals surface area contributed by atoms with E-state index < -0.39 is 0 Å². The Morgan fingerprint density at radius 2 is 2.07 bits per heavy atom. The molecule has 29 heavy (non-hydrogen) atoms. The molecule has 2 N–H and O–H groups in total. The monoisotopic (exact) mass is 421 g/mol. The van der Waals surface area contributed by atoms with E-state index in [4.69, 9.17) is 4.74 Å². The Kier molecular flexibility index (Phi) is 8.32. The zero-order chi connectivity index (χ0) is 20.6. The summed E-state index contributed by atoms with van der Waals surface area (Å²) in [5.41, 5.74) is 1.29. The van der Waals surface area contributed by atoms with E-state index in [-0.39, 0.29) is 12.5 Å². The summed E-state index contributed by atoms with van der Waals surface area (Å²) in [5.74, 6) is 1.44. The van der Waals surface area contributed by atoms with Crippen LogP contribution in [0.1, 0.15) is 30.7 Å². The van der Waals surface area contributed by atoms with Gasteiger partial charge in [0.2, 0.25) is 5.91 Å². The highest BCUT2D eigenvalue weighted by Gasteiger charge is 2.23. The molecule has 1 atom stereocenters. The largest absolute Gasteiger partial charge is 0.379 e. The van der Waals surface area contributed by atoms with E-state index in [1.54, 1.807) is 18.4 Å². The molecule has 0 aromatic carbocycles. The van der Waals surface area contributed by atoms with Crippen LogP contribution in [-0.4, -0.2) is 80.7 Å². The van der Waals surface area contributed by atoms with E-state index in [9.17, 15) is 4.79 Å². The van der Waals surface area contributed by atoms with E-state index in [1.807, 2.05) is 4.90 Å². The van der Waals surface area contributed by atoms with Crippen LogP contribution in [0.4, 0.5) is 0 Å². The van der Waals surface area contributed by atoms with Gasteiger partial charge in [-0.1, -0.05) is 13.8 Å². The molecule has 0 aliphatic carbocycles. The summed E-state index contributed by atoms with van der Waals surface area (Å²) in [6.45, 7) is 10.7. The van der Waals surface area contributed by atoms with Crippen LogP contribution in [-0.2, 0) is 22.5 Å². The molecule has 8 heteroatoms. The fourth-order valence-corrected chi connectivity index (χ4v) is 4.91. The Labute approximate surface area is 178 Å². The number of nitrogens with zero attached hydrogens (tertiary/aromatic N) is 3. The minimum Gasteiger partial charge on any atom is -0.379 e. The molecule has 2 aliphatic rings. The van der Waals surface area contributed by atoms with Gasteiger partial charge < -0.3 is 20.3 Å². The summed E-state index contributed by atoms with van der Waals surface area (Å²) in [4.78, 5) is 22.8. The van der Waals surface area contributed by atoms with Crippen LogP contribution in [0.25, 0.3) is 0 Å². The fourth-order valence-electron chi connectivity index (χ4n) is 4.02. The maximum atomic E-state index is 12.6. The first-order chi connectivity index (χ1) is 14.1. The summed E-state index contributed by atoms with van der Waals surface area (Å²) < 4.78 is 5.50. The second-order valence-electron chi connectivity index (χ2n) is 8.17. The van der Waals surface area contributed by atoms with Crippen LogP contribution >= 0.6 is 11.3 Å². The lowest BCUT2D eigenvalue weighted by molar-refractivity contribution is -0.130. The minimum atomic E-state index is 0.122. The molecule has 1 unspecified atom stereocenters. The third-order valence-corrected chi connectivity index (χ3v) is 6.62. The zero-order valence-electron chi connectivity index (χ0n) is 17.9. The number of ether oxygens (including phenoxy) is 1. The first-order valence-corrected chi connectivity index (χ1v) is 11.5. The normalized spacial score (nSPS) is 19.2. The molecule has 3 rings (SSSR count). The van der Waals surface area contributed by atoms with Gasteiger partial charge in [-0.25, -0.2) is 0 Å². The van der Waals surface area contributed by atoms with Crippen molar-refractivity contribution in [1.82, 2.24) is 20.4 Å². The Morgan fingerprint density at radius 1 is 1.28 bits per heavy atom. The number of thiophene rings is 1. The van der Waals surface area contributed by atoms with Crippen LogP contribution in [0.5, 0.6) is 0 Å². The molecule has 1 aromatic heterocycles. The Morgan fingerprint density at radius 3 is 2.79 bits per heavy atom. The summed E-state index contributed by atoms with van der Waals surface area (Å²) in [7, 11) is 1.75. The first-order valence-electron chi connectivity index (χ1n) is 10.7. The third-order valence-electron chi connectivity index (χ3n) is 5.60. The first kappa shape index (κ1) is 22.1. The van der Waals surface area contributed by atoms with E-state index in [0.29, 0.717) is 17.9 Å². The fraction of sp³-hybridized carbons (Fsp3) is 0.714. The lowest BCUT2D eigenvalue weighted by atomic mass is 10.0. The van der Waals surface area contributed by atoms with Gasteiger partial charge in [-0.3, -0.25) is 14.7 Å². The number of carbonyl (C=O) groups is 1. The molecule has 1 saturated heterocycles. The molecule has 1 fully saturated rings. The van der Waals surface area contributed by atoms with Gasteiger partial charge >= 0.3 is 0 Å². The number of nitrogens with one attached hydrogen (secondary N) is 2. The molecule has 1 aromatic rings. The molecule has 0 spiro atoms. The highest BCUT2D eigenvalue weighted by atomic mass is 32.1. The second kappa shape index (κ2) is 10.9. The molecule has 1 amide bonds. The zero-order valence-corrected chi connectivity index (χ0v) is 18.8. The van der Waals surface area contributed by atoms with Crippen molar-refractivity contribution in [2.24, 2.45) is 10.9 Å². The maximum Gasteiger partial charge on any atom is 0.242 e. The van der Waals surface area contributed by atoms with Crippen molar-refractivity contribution in [2.45, 2.75) is 39.3 Å². The highest BCUT2D eigenvalue weighted by Crippen LogP contribution is 2.23. The van der Waals surface area contributed by atoms with Crippen molar-refractivity contribution in [3.63, 3.8) is 0 Å². The minimum absolute atomic E-state index is 0.122. The third kappa shape index (κ3) is 6.42. The number of amides is 1. The van der Waals surface area contributed by atoms with Crippen molar-refractivity contribution in [3.05, 3.63) is 21.9 Å². The van der Waals surface area contributed by atoms with Crippen LogP contribution < -0.4 is 10.6 Å². The second-order valence-corrected chi connectivity index (χ2v) is 9.17. The summed E-state index contributed by atoms with van der Waals surface area (Å²) >= 11 is 1.79. The van der Waals surface area contributed by atoms with Gasteiger partial charge in [-0.15, -0.1) is 11.3 Å².